The summed E-state index contributed by atoms with van der Waals surface area (Å²) < 4.78 is 48.5. The largest absolute Gasteiger partial charge is 0.356 e. The van der Waals surface area contributed by atoms with Gasteiger partial charge in [0.15, 0.2) is 39.2 Å². The Hall–Kier alpha value is -0.400. The molecular formula is C18H39NO9. The molecule has 0 N–H and O–H groups in total. The molecule has 170 valence electrons. The molecular weight excluding hydrogens is 374 g/mol. The van der Waals surface area contributed by atoms with Gasteiger partial charge in [0.05, 0.1) is 0 Å². The average Bonchev–Trinajstić information content (AvgIpc) is 2.67. The van der Waals surface area contributed by atoms with E-state index in [2.05, 4.69) is 0 Å². The summed E-state index contributed by atoms with van der Waals surface area (Å²) in [5, 5.41) is 0. The van der Waals surface area contributed by atoms with Gasteiger partial charge in [-0.15, -0.1) is 0 Å². The van der Waals surface area contributed by atoms with Crippen molar-refractivity contribution in [3.8, 4) is 0 Å². The van der Waals surface area contributed by atoms with Crippen LogP contribution < -0.4 is 0 Å². The molecule has 0 spiro atoms. The monoisotopic (exact) mass is 413 g/mol. The summed E-state index contributed by atoms with van der Waals surface area (Å²) in [7, 11) is 4.69. The SMILES string of the molecule is COC(C)OCOC(C)N(C(C)OCOC(C)OC)C(C)OCOC(C)OC. The zero-order valence-corrected chi connectivity index (χ0v) is 18.7. The first-order valence-corrected chi connectivity index (χ1v) is 9.32. The third-order valence-corrected chi connectivity index (χ3v) is 4.09. The molecule has 0 rings (SSSR count). The van der Waals surface area contributed by atoms with Gasteiger partial charge in [0.25, 0.3) is 0 Å². The molecule has 0 fully saturated rings. The van der Waals surface area contributed by atoms with E-state index in [0.717, 1.165) is 0 Å². The van der Waals surface area contributed by atoms with Crippen LogP contribution in [-0.2, 0) is 42.6 Å². The first-order valence-electron chi connectivity index (χ1n) is 9.32. The Morgan fingerprint density at radius 3 is 0.929 bits per heavy atom. The Kier molecular flexibility index (Phi) is 16.2. The second-order valence-corrected chi connectivity index (χ2v) is 6.01. The van der Waals surface area contributed by atoms with E-state index in [4.69, 9.17) is 42.6 Å². The van der Waals surface area contributed by atoms with Crippen LogP contribution in [0.25, 0.3) is 0 Å². The van der Waals surface area contributed by atoms with Crippen molar-refractivity contribution in [2.24, 2.45) is 0 Å². The van der Waals surface area contributed by atoms with Crippen LogP contribution >= 0.6 is 0 Å². The van der Waals surface area contributed by atoms with Crippen molar-refractivity contribution in [1.82, 2.24) is 4.90 Å². The molecule has 0 saturated heterocycles. The minimum atomic E-state index is -0.381. The van der Waals surface area contributed by atoms with Gasteiger partial charge in [0.1, 0.15) is 18.7 Å². The predicted molar refractivity (Wildman–Crippen MR) is 101 cm³/mol. The summed E-state index contributed by atoms with van der Waals surface area (Å²) in [5.74, 6) is 0. The van der Waals surface area contributed by atoms with E-state index in [9.17, 15) is 0 Å². The van der Waals surface area contributed by atoms with Gasteiger partial charge >= 0.3 is 0 Å². The predicted octanol–water partition coefficient (Wildman–Crippen LogP) is 2.28. The lowest BCUT2D eigenvalue weighted by Crippen LogP contribution is -2.50. The highest BCUT2D eigenvalue weighted by atomic mass is 16.8. The van der Waals surface area contributed by atoms with Gasteiger partial charge < -0.3 is 42.6 Å². The van der Waals surface area contributed by atoms with Gasteiger partial charge in [-0.25, -0.2) is 4.90 Å². The molecule has 0 aliphatic heterocycles. The maximum atomic E-state index is 5.75. The van der Waals surface area contributed by atoms with Crippen LogP contribution in [0.3, 0.4) is 0 Å². The summed E-state index contributed by atoms with van der Waals surface area (Å²) in [5.41, 5.74) is 0. The zero-order valence-electron chi connectivity index (χ0n) is 18.7. The quantitative estimate of drug-likeness (QED) is 0.312. The van der Waals surface area contributed by atoms with Crippen LogP contribution in [0.5, 0.6) is 0 Å². The van der Waals surface area contributed by atoms with E-state index >= 15 is 0 Å². The second-order valence-electron chi connectivity index (χ2n) is 6.01. The fourth-order valence-corrected chi connectivity index (χ4v) is 2.05. The summed E-state index contributed by atoms with van der Waals surface area (Å²) in [4.78, 5) is 1.88. The smallest absolute Gasteiger partial charge is 0.157 e. The maximum Gasteiger partial charge on any atom is 0.157 e. The number of rotatable bonds is 18. The fourth-order valence-electron chi connectivity index (χ4n) is 2.05. The highest BCUT2D eigenvalue weighted by molar-refractivity contribution is 4.64. The summed E-state index contributed by atoms with van der Waals surface area (Å²) in [6.45, 7) is 11.1. The Morgan fingerprint density at radius 1 is 0.464 bits per heavy atom. The number of hydrogen-bond donors (Lipinski definition) is 0. The molecule has 6 atom stereocenters. The minimum absolute atomic E-state index is 0.0561. The van der Waals surface area contributed by atoms with Crippen molar-refractivity contribution in [2.75, 3.05) is 41.7 Å². The van der Waals surface area contributed by atoms with Gasteiger partial charge in [-0.2, -0.15) is 0 Å². The lowest BCUT2D eigenvalue weighted by molar-refractivity contribution is -0.284. The van der Waals surface area contributed by atoms with Crippen LogP contribution in [0.2, 0.25) is 0 Å². The van der Waals surface area contributed by atoms with Crippen LogP contribution in [-0.4, -0.2) is 84.2 Å². The van der Waals surface area contributed by atoms with Gasteiger partial charge in [-0.1, -0.05) is 0 Å². The summed E-state index contributed by atoms with van der Waals surface area (Å²) >= 11 is 0. The molecule has 0 aliphatic carbocycles. The number of hydrogen-bond acceptors (Lipinski definition) is 10. The van der Waals surface area contributed by atoms with E-state index in [1.807, 2.05) is 25.7 Å². The van der Waals surface area contributed by atoms with Crippen molar-refractivity contribution in [1.29, 1.82) is 0 Å². The molecule has 10 heteroatoms. The molecule has 0 bridgehead atoms. The Labute approximate surface area is 169 Å². The van der Waals surface area contributed by atoms with E-state index < -0.39 is 0 Å². The minimum Gasteiger partial charge on any atom is -0.356 e. The molecule has 0 heterocycles. The van der Waals surface area contributed by atoms with Crippen LogP contribution in [0.4, 0.5) is 0 Å². The van der Waals surface area contributed by atoms with Crippen molar-refractivity contribution in [3.05, 3.63) is 0 Å². The Balaban J connectivity index is 4.73. The molecule has 0 radical (unpaired) electrons. The molecule has 0 saturated carbocycles. The van der Waals surface area contributed by atoms with Gasteiger partial charge in [0, 0.05) is 21.3 Å². The van der Waals surface area contributed by atoms with Crippen molar-refractivity contribution in [3.63, 3.8) is 0 Å². The summed E-state index contributed by atoms with van der Waals surface area (Å²) in [6, 6.07) is 0. The molecule has 0 aromatic carbocycles. The molecule has 28 heavy (non-hydrogen) atoms. The maximum absolute atomic E-state index is 5.75. The topological polar surface area (TPSA) is 86.3 Å². The lowest BCUT2D eigenvalue weighted by Gasteiger charge is -2.38. The lowest BCUT2D eigenvalue weighted by atomic mass is 10.4. The highest BCUT2D eigenvalue weighted by Gasteiger charge is 2.28. The zero-order chi connectivity index (χ0) is 21.5. The van der Waals surface area contributed by atoms with Gasteiger partial charge in [-0.05, 0) is 41.5 Å². The molecule has 10 nitrogen and oxygen atoms in total. The molecule has 0 amide bonds. The van der Waals surface area contributed by atoms with Gasteiger partial charge in [-0.3, -0.25) is 0 Å². The average molecular weight is 414 g/mol. The number of methoxy groups -OCH3 is 3. The van der Waals surface area contributed by atoms with Crippen molar-refractivity contribution in [2.45, 2.75) is 79.1 Å². The van der Waals surface area contributed by atoms with E-state index in [1.165, 1.54) is 0 Å². The normalized spacial score (nSPS) is 18.6. The first kappa shape index (κ1) is 27.6. The third kappa shape index (κ3) is 12.2. The second kappa shape index (κ2) is 16.4. The van der Waals surface area contributed by atoms with Crippen LogP contribution in [0.15, 0.2) is 0 Å². The van der Waals surface area contributed by atoms with E-state index in [0.29, 0.717) is 0 Å². The fraction of sp³-hybridized carbons (Fsp3) is 1.00. The Bertz CT molecular complexity index is 312. The first-order chi connectivity index (χ1) is 13.3. The number of ether oxygens (including phenoxy) is 9. The highest BCUT2D eigenvalue weighted by Crippen LogP contribution is 2.15. The van der Waals surface area contributed by atoms with E-state index in [-0.39, 0.29) is 57.9 Å². The van der Waals surface area contributed by atoms with E-state index in [1.54, 1.807) is 42.1 Å². The van der Waals surface area contributed by atoms with Crippen LogP contribution in [0, 0.1) is 0 Å². The summed E-state index contributed by atoms with van der Waals surface area (Å²) in [6.07, 6.45) is -2.24. The molecule has 6 unspecified atom stereocenters. The van der Waals surface area contributed by atoms with Crippen molar-refractivity contribution < 1.29 is 42.6 Å². The molecule has 0 aromatic rings. The molecule has 0 aromatic heterocycles. The molecule has 0 aliphatic rings. The van der Waals surface area contributed by atoms with Gasteiger partial charge in [0.2, 0.25) is 0 Å². The van der Waals surface area contributed by atoms with Crippen LogP contribution in [0.1, 0.15) is 41.5 Å². The standard InChI is InChI=1S/C18H39NO9/c1-13(23-10-26-16(4)20-7)19(14(2)24-11-27-17(5)21-8)15(3)25-12-28-18(6)22-9/h13-18H,10-12H2,1-9H3. The third-order valence-electron chi connectivity index (χ3n) is 4.09. The number of nitrogens with zero attached hydrogens (tertiary/aromatic N) is 1. The van der Waals surface area contributed by atoms with Crippen molar-refractivity contribution >= 4 is 0 Å². The Morgan fingerprint density at radius 2 is 0.714 bits per heavy atom.